The molecular weight excluding hydrogens is 160 g/mol. The molecule has 1 fully saturated rings. The SMILES string of the molecule is CC(C)CCN1CCNCCC1C. The summed E-state index contributed by atoms with van der Waals surface area (Å²) >= 11 is 0. The van der Waals surface area contributed by atoms with Crippen LogP contribution in [0.5, 0.6) is 0 Å². The van der Waals surface area contributed by atoms with Gasteiger partial charge in [0.1, 0.15) is 0 Å². The van der Waals surface area contributed by atoms with E-state index >= 15 is 0 Å². The van der Waals surface area contributed by atoms with Crippen LogP contribution < -0.4 is 5.32 Å². The number of rotatable bonds is 3. The van der Waals surface area contributed by atoms with Gasteiger partial charge in [0.15, 0.2) is 0 Å². The van der Waals surface area contributed by atoms with Crippen molar-refractivity contribution in [1.29, 1.82) is 0 Å². The zero-order valence-electron chi connectivity index (χ0n) is 9.34. The minimum absolute atomic E-state index is 0.772. The molecule has 0 bridgehead atoms. The number of nitrogens with one attached hydrogen (secondary N) is 1. The third kappa shape index (κ3) is 4.10. The molecule has 0 aromatic rings. The van der Waals surface area contributed by atoms with Gasteiger partial charge >= 0.3 is 0 Å². The Hall–Kier alpha value is -0.0800. The van der Waals surface area contributed by atoms with Crippen molar-refractivity contribution >= 4 is 0 Å². The fraction of sp³-hybridized carbons (Fsp3) is 1.00. The summed E-state index contributed by atoms with van der Waals surface area (Å²) in [7, 11) is 0. The molecule has 0 aliphatic carbocycles. The molecule has 1 heterocycles. The van der Waals surface area contributed by atoms with Crippen LogP contribution in [-0.4, -0.2) is 37.1 Å². The molecular formula is C11H24N2. The summed E-state index contributed by atoms with van der Waals surface area (Å²) in [4.78, 5) is 2.62. The van der Waals surface area contributed by atoms with Crippen LogP contribution in [0.15, 0.2) is 0 Å². The van der Waals surface area contributed by atoms with Gasteiger partial charge in [0, 0.05) is 19.1 Å². The summed E-state index contributed by atoms with van der Waals surface area (Å²) in [5.74, 6) is 0.836. The van der Waals surface area contributed by atoms with Crippen LogP contribution in [-0.2, 0) is 0 Å². The Kier molecular flexibility index (Phi) is 4.74. The Labute approximate surface area is 82.7 Å². The molecule has 1 rings (SSSR count). The third-order valence-corrected chi connectivity index (χ3v) is 2.93. The van der Waals surface area contributed by atoms with Gasteiger partial charge in [-0.15, -0.1) is 0 Å². The minimum Gasteiger partial charge on any atom is -0.315 e. The van der Waals surface area contributed by atoms with Crippen LogP contribution in [0, 0.1) is 5.92 Å². The van der Waals surface area contributed by atoms with E-state index in [1.54, 1.807) is 0 Å². The van der Waals surface area contributed by atoms with Crippen LogP contribution >= 0.6 is 0 Å². The lowest BCUT2D eigenvalue weighted by Crippen LogP contribution is -2.35. The van der Waals surface area contributed by atoms with E-state index in [-0.39, 0.29) is 0 Å². The van der Waals surface area contributed by atoms with Crippen molar-refractivity contribution in [1.82, 2.24) is 10.2 Å². The van der Waals surface area contributed by atoms with Crippen molar-refractivity contribution in [2.24, 2.45) is 5.92 Å². The van der Waals surface area contributed by atoms with Crippen LogP contribution in [0.1, 0.15) is 33.6 Å². The molecule has 1 aliphatic rings. The second kappa shape index (κ2) is 5.61. The standard InChI is InChI=1S/C11H24N2/c1-10(2)5-8-13-9-7-12-6-4-11(13)3/h10-12H,4-9H2,1-3H3. The van der Waals surface area contributed by atoms with Crippen molar-refractivity contribution in [2.45, 2.75) is 39.7 Å². The molecule has 0 radical (unpaired) electrons. The highest BCUT2D eigenvalue weighted by Gasteiger charge is 2.15. The van der Waals surface area contributed by atoms with Gasteiger partial charge in [-0.05, 0) is 38.8 Å². The minimum atomic E-state index is 0.772. The van der Waals surface area contributed by atoms with E-state index in [2.05, 4.69) is 31.0 Å². The Morgan fingerprint density at radius 2 is 2.15 bits per heavy atom. The van der Waals surface area contributed by atoms with E-state index in [0.29, 0.717) is 0 Å². The highest BCUT2D eigenvalue weighted by Crippen LogP contribution is 2.09. The summed E-state index contributed by atoms with van der Waals surface area (Å²) in [6, 6.07) is 0.772. The van der Waals surface area contributed by atoms with Crippen molar-refractivity contribution in [3.8, 4) is 0 Å². The van der Waals surface area contributed by atoms with Gasteiger partial charge in [-0.2, -0.15) is 0 Å². The molecule has 2 heteroatoms. The first kappa shape index (κ1) is 11.0. The summed E-state index contributed by atoms with van der Waals surface area (Å²) in [5, 5.41) is 3.45. The van der Waals surface area contributed by atoms with E-state index in [4.69, 9.17) is 0 Å². The molecule has 1 aliphatic heterocycles. The van der Waals surface area contributed by atoms with Crippen molar-refractivity contribution in [3.05, 3.63) is 0 Å². The average molecular weight is 184 g/mol. The van der Waals surface area contributed by atoms with Crippen molar-refractivity contribution in [2.75, 3.05) is 26.2 Å². The van der Waals surface area contributed by atoms with Gasteiger partial charge in [0.2, 0.25) is 0 Å². The van der Waals surface area contributed by atoms with E-state index in [0.717, 1.165) is 12.0 Å². The summed E-state index contributed by atoms with van der Waals surface area (Å²) in [6.45, 7) is 11.8. The Morgan fingerprint density at radius 1 is 1.38 bits per heavy atom. The van der Waals surface area contributed by atoms with Gasteiger partial charge in [0.05, 0.1) is 0 Å². The normalized spacial score (nSPS) is 26.3. The molecule has 0 aromatic carbocycles. The fourth-order valence-electron chi connectivity index (χ4n) is 1.82. The average Bonchev–Trinajstić information content (AvgIpc) is 2.27. The predicted molar refractivity (Wildman–Crippen MR) is 58.0 cm³/mol. The van der Waals surface area contributed by atoms with Gasteiger partial charge in [-0.1, -0.05) is 13.8 Å². The van der Waals surface area contributed by atoms with Gasteiger partial charge in [0.25, 0.3) is 0 Å². The maximum absolute atomic E-state index is 3.45. The molecule has 0 amide bonds. The molecule has 0 spiro atoms. The first-order valence-corrected chi connectivity index (χ1v) is 5.65. The lowest BCUT2D eigenvalue weighted by molar-refractivity contribution is 0.208. The van der Waals surface area contributed by atoms with Crippen LogP contribution in [0.3, 0.4) is 0 Å². The largest absolute Gasteiger partial charge is 0.315 e. The summed E-state index contributed by atoms with van der Waals surface area (Å²) < 4.78 is 0. The smallest absolute Gasteiger partial charge is 0.0110 e. The predicted octanol–water partition coefficient (Wildman–Crippen LogP) is 1.72. The molecule has 0 aromatic heterocycles. The third-order valence-electron chi connectivity index (χ3n) is 2.93. The second-order valence-corrected chi connectivity index (χ2v) is 4.61. The zero-order valence-corrected chi connectivity index (χ0v) is 9.34. The number of hydrogen-bond acceptors (Lipinski definition) is 2. The first-order valence-electron chi connectivity index (χ1n) is 5.65. The Bertz CT molecular complexity index is 134. The lowest BCUT2D eigenvalue weighted by atomic mass is 10.1. The molecule has 78 valence electrons. The fourth-order valence-corrected chi connectivity index (χ4v) is 1.82. The quantitative estimate of drug-likeness (QED) is 0.718. The maximum atomic E-state index is 3.45. The number of nitrogens with zero attached hydrogens (tertiary/aromatic N) is 1. The van der Waals surface area contributed by atoms with E-state index in [1.807, 2.05) is 0 Å². The molecule has 13 heavy (non-hydrogen) atoms. The lowest BCUT2D eigenvalue weighted by Gasteiger charge is -2.27. The van der Waals surface area contributed by atoms with E-state index in [9.17, 15) is 0 Å². The topological polar surface area (TPSA) is 15.3 Å². The van der Waals surface area contributed by atoms with Gasteiger partial charge in [-0.25, -0.2) is 0 Å². The van der Waals surface area contributed by atoms with Crippen molar-refractivity contribution in [3.63, 3.8) is 0 Å². The van der Waals surface area contributed by atoms with Gasteiger partial charge < -0.3 is 5.32 Å². The van der Waals surface area contributed by atoms with Gasteiger partial charge in [-0.3, -0.25) is 4.90 Å². The van der Waals surface area contributed by atoms with Crippen LogP contribution in [0.4, 0.5) is 0 Å². The second-order valence-electron chi connectivity index (χ2n) is 4.61. The molecule has 1 N–H and O–H groups in total. The van der Waals surface area contributed by atoms with E-state index < -0.39 is 0 Å². The monoisotopic (exact) mass is 184 g/mol. The summed E-state index contributed by atoms with van der Waals surface area (Å²) in [5.41, 5.74) is 0. The first-order chi connectivity index (χ1) is 6.20. The molecule has 0 saturated carbocycles. The zero-order chi connectivity index (χ0) is 9.68. The highest BCUT2D eigenvalue weighted by atomic mass is 15.2. The molecule has 1 saturated heterocycles. The number of hydrogen-bond donors (Lipinski definition) is 1. The molecule has 1 atom stereocenters. The van der Waals surface area contributed by atoms with E-state index in [1.165, 1.54) is 39.0 Å². The van der Waals surface area contributed by atoms with Crippen molar-refractivity contribution < 1.29 is 0 Å². The van der Waals surface area contributed by atoms with Crippen LogP contribution in [0.25, 0.3) is 0 Å². The highest BCUT2D eigenvalue weighted by molar-refractivity contribution is 4.73. The Balaban J connectivity index is 2.27. The molecule has 1 unspecified atom stereocenters. The maximum Gasteiger partial charge on any atom is 0.0110 e. The van der Waals surface area contributed by atoms with Crippen LogP contribution in [0.2, 0.25) is 0 Å². The summed E-state index contributed by atoms with van der Waals surface area (Å²) in [6.07, 6.45) is 2.64. The molecule has 2 nitrogen and oxygen atoms in total. The Morgan fingerprint density at radius 3 is 2.85 bits per heavy atom.